The number of hydrogen-bond acceptors (Lipinski definition) is 7. The number of carbonyl (C=O) groups is 2. The first kappa shape index (κ1) is 35.0. The number of nitrogens with one attached hydrogen (secondary N) is 2. The molecule has 252 valence electrons. The monoisotopic (exact) mass is 660 g/mol. The number of ether oxygens (including phenoxy) is 1. The van der Waals surface area contributed by atoms with Gasteiger partial charge in [-0.25, -0.2) is 0 Å². The molecule has 5 N–H and O–H groups in total. The van der Waals surface area contributed by atoms with Crippen LogP contribution in [0.3, 0.4) is 0 Å². The number of amides is 2. The van der Waals surface area contributed by atoms with Crippen molar-refractivity contribution in [1.29, 1.82) is 0 Å². The van der Waals surface area contributed by atoms with Crippen LogP contribution in [0, 0.1) is 17.8 Å². The summed E-state index contributed by atoms with van der Waals surface area (Å²) in [6, 6.07) is 23.1. The average molecular weight is 661 g/mol. The number of benzene rings is 3. The van der Waals surface area contributed by atoms with Crippen molar-refractivity contribution in [2.75, 3.05) is 5.94 Å². The van der Waals surface area contributed by atoms with Crippen LogP contribution in [0.5, 0.6) is 5.75 Å². The van der Waals surface area contributed by atoms with Gasteiger partial charge in [0.1, 0.15) is 17.8 Å². The third-order valence-electron chi connectivity index (χ3n) is 9.62. The van der Waals surface area contributed by atoms with Crippen LogP contribution < -0.4 is 15.4 Å². The molecule has 8 nitrogen and oxygen atoms in total. The fourth-order valence-corrected chi connectivity index (χ4v) is 7.73. The molecule has 3 aromatic carbocycles. The second kappa shape index (κ2) is 16.6. The van der Waals surface area contributed by atoms with Crippen LogP contribution in [0.25, 0.3) is 0 Å². The zero-order chi connectivity index (χ0) is 33.3. The van der Waals surface area contributed by atoms with Gasteiger partial charge in [0, 0.05) is 4.90 Å². The van der Waals surface area contributed by atoms with E-state index in [9.17, 15) is 24.9 Å². The Morgan fingerprint density at radius 3 is 2.30 bits per heavy atom. The van der Waals surface area contributed by atoms with E-state index in [2.05, 4.69) is 10.6 Å². The first-order valence-electron chi connectivity index (χ1n) is 16.9. The molecular weight excluding hydrogens is 612 g/mol. The molecule has 1 fully saturated rings. The molecule has 0 spiro atoms. The highest BCUT2D eigenvalue weighted by Crippen LogP contribution is 2.33. The number of carbonyl (C=O) groups excluding carboxylic acids is 2. The quantitative estimate of drug-likeness (QED) is 0.112. The molecule has 9 heteroatoms. The minimum Gasteiger partial charge on any atom is -0.482 e. The minimum absolute atomic E-state index is 0.281. The Kier molecular flexibility index (Phi) is 12.4. The molecule has 3 aromatic rings. The number of para-hydroxylation sites is 1. The van der Waals surface area contributed by atoms with Crippen LogP contribution >= 0.6 is 11.8 Å². The van der Waals surface area contributed by atoms with E-state index in [-0.39, 0.29) is 11.8 Å². The lowest BCUT2D eigenvalue weighted by Gasteiger charge is -2.36. The van der Waals surface area contributed by atoms with E-state index in [1.807, 2.05) is 74.5 Å². The summed E-state index contributed by atoms with van der Waals surface area (Å²) in [7, 11) is 0. The molecule has 0 unspecified atom stereocenters. The highest BCUT2D eigenvalue weighted by Gasteiger charge is 2.41. The lowest BCUT2D eigenvalue weighted by Crippen LogP contribution is -2.55. The van der Waals surface area contributed by atoms with Crippen LogP contribution in [-0.4, -0.2) is 57.4 Å². The van der Waals surface area contributed by atoms with Gasteiger partial charge in [0.25, 0.3) is 5.91 Å². The summed E-state index contributed by atoms with van der Waals surface area (Å²) in [5.41, 5.74) is 2.10. The van der Waals surface area contributed by atoms with E-state index in [0.29, 0.717) is 30.1 Å². The van der Waals surface area contributed by atoms with Crippen LogP contribution in [0.1, 0.15) is 80.0 Å². The highest BCUT2D eigenvalue weighted by atomic mass is 32.2. The van der Waals surface area contributed by atoms with Crippen molar-refractivity contribution in [3.8, 4) is 5.75 Å². The molecule has 0 radical (unpaired) electrons. The van der Waals surface area contributed by atoms with Crippen LogP contribution in [-0.2, 0) is 11.2 Å². The van der Waals surface area contributed by atoms with Crippen molar-refractivity contribution in [3.63, 3.8) is 0 Å². The molecule has 0 saturated heterocycles. The molecule has 5 rings (SSSR count). The molecule has 0 aliphatic heterocycles. The van der Waals surface area contributed by atoms with Gasteiger partial charge in [-0.2, -0.15) is 0 Å². The van der Waals surface area contributed by atoms with E-state index in [0.717, 1.165) is 48.1 Å². The third-order valence-corrected chi connectivity index (χ3v) is 10.5. The van der Waals surface area contributed by atoms with Gasteiger partial charge >= 0.3 is 0 Å². The first-order valence-corrected chi connectivity index (χ1v) is 17.8. The second-order valence-corrected chi connectivity index (χ2v) is 14.2. The maximum absolute atomic E-state index is 13.8. The Bertz CT molecular complexity index is 1460. The Morgan fingerprint density at radius 2 is 1.57 bits per heavy atom. The normalized spacial score (nSPS) is 20.6. The molecule has 0 heterocycles. The van der Waals surface area contributed by atoms with Crippen molar-refractivity contribution >= 4 is 23.6 Å². The van der Waals surface area contributed by atoms with Crippen molar-refractivity contribution in [3.05, 3.63) is 95.6 Å². The number of aliphatic hydroxyl groups is 3. The first-order chi connectivity index (χ1) is 22.7. The molecule has 2 aliphatic carbocycles. The van der Waals surface area contributed by atoms with Crippen LogP contribution in [0.4, 0.5) is 0 Å². The largest absolute Gasteiger partial charge is 0.482 e. The van der Waals surface area contributed by atoms with Crippen LogP contribution in [0.2, 0.25) is 0 Å². The van der Waals surface area contributed by atoms with Gasteiger partial charge in [-0.15, -0.1) is 0 Å². The summed E-state index contributed by atoms with van der Waals surface area (Å²) in [6.07, 6.45) is 2.59. The van der Waals surface area contributed by atoms with Crippen LogP contribution in [0.15, 0.2) is 83.8 Å². The summed E-state index contributed by atoms with van der Waals surface area (Å²) < 4.78 is 6.02. The van der Waals surface area contributed by atoms with E-state index in [1.165, 1.54) is 11.8 Å². The zero-order valence-corrected chi connectivity index (χ0v) is 28.1. The van der Waals surface area contributed by atoms with Crippen molar-refractivity contribution in [1.82, 2.24) is 10.6 Å². The predicted octanol–water partition coefficient (Wildman–Crippen LogP) is 5.65. The summed E-state index contributed by atoms with van der Waals surface area (Å²) in [4.78, 5) is 28.5. The molecule has 2 aliphatic rings. The maximum atomic E-state index is 13.8. The number of thioether (sulfide) groups is 1. The average Bonchev–Trinajstić information content (AvgIpc) is 3.39. The second-order valence-electron chi connectivity index (χ2n) is 13.2. The van der Waals surface area contributed by atoms with Gasteiger partial charge in [0.2, 0.25) is 5.91 Å². The molecular formula is C38H48N2O6S. The minimum atomic E-state index is -1.45. The molecule has 0 aromatic heterocycles. The summed E-state index contributed by atoms with van der Waals surface area (Å²) >= 11 is 1.52. The van der Waals surface area contributed by atoms with Crippen molar-refractivity contribution in [2.24, 2.45) is 17.8 Å². The van der Waals surface area contributed by atoms with Gasteiger partial charge in [-0.1, -0.05) is 112 Å². The van der Waals surface area contributed by atoms with Gasteiger partial charge in [-0.3, -0.25) is 9.59 Å². The number of rotatable bonds is 14. The number of aliphatic hydroxyl groups excluding tert-OH is 3. The summed E-state index contributed by atoms with van der Waals surface area (Å²) in [5.74, 6) is -1.10. The van der Waals surface area contributed by atoms with Crippen molar-refractivity contribution < 1.29 is 29.6 Å². The molecule has 1 saturated carbocycles. The van der Waals surface area contributed by atoms with E-state index in [4.69, 9.17) is 4.74 Å². The Labute approximate surface area is 282 Å². The SMILES string of the molecule is CC(C)[C@@H](C(=O)N[C@H]1Cc2ccccc2[C@H]1O)[C@@H](O)[C@H](O)[C@H](CC1CCCCC1)NC(=O)c1ccccc1OCSc1ccccc1. The van der Waals surface area contributed by atoms with E-state index >= 15 is 0 Å². The lowest BCUT2D eigenvalue weighted by atomic mass is 9.79. The fourth-order valence-electron chi connectivity index (χ4n) is 7.06. The van der Waals surface area contributed by atoms with Gasteiger partial charge in [0.15, 0.2) is 0 Å². The number of fused-ring (bicyclic) bond motifs is 1. The molecule has 0 bridgehead atoms. The highest BCUT2D eigenvalue weighted by molar-refractivity contribution is 7.99. The van der Waals surface area contributed by atoms with E-state index in [1.54, 1.807) is 18.2 Å². The zero-order valence-electron chi connectivity index (χ0n) is 27.3. The third kappa shape index (κ3) is 8.96. The van der Waals surface area contributed by atoms with Crippen molar-refractivity contribution in [2.45, 2.75) is 94.1 Å². The Morgan fingerprint density at radius 1 is 0.894 bits per heavy atom. The predicted molar refractivity (Wildman–Crippen MR) is 184 cm³/mol. The Balaban J connectivity index is 1.29. The summed E-state index contributed by atoms with van der Waals surface area (Å²) in [5, 5.41) is 40.2. The Hall–Kier alpha value is -3.37. The maximum Gasteiger partial charge on any atom is 0.255 e. The molecule has 47 heavy (non-hydrogen) atoms. The van der Waals surface area contributed by atoms with Gasteiger partial charge in [-0.05, 0) is 60.1 Å². The molecule has 2 amide bonds. The lowest BCUT2D eigenvalue weighted by molar-refractivity contribution is -0.137. The standard InChI is InChI=1S/C38H48N2O6S/c1-24(2)33(38(45)40-31-22-26-15-9-10-18-28(26)34(31)41)36(43)35(42)30(21-25-13-5-3-6-14-25)39-37(44)29-19-11-12-20-32(29)46-23-47-27-16-7-4-8-17-27/h4,7-12,15-20,24-25,30-31,33-36,41-43H,3,5-6,13-14,21-23H2,1-2H3,(H,39,44)(H,40,45)/t30-,31-,33+,34+,35+,36+/m0/s1. The smallest absolute Gasteiger partial charge is 0.255 e. The fraction of sp³-hybridized carbons (Fsp3) is 0.474. The topological polar surface area (TPSA) is 128 Å². The molecule has 6 atom stereocenters. The van der Waals surface area contributed by atoms with E-state index < -0.39 is 48.1 Å². The number of hydrogen-bond donors (Lipinski definition) is 5. The van der Waals surface area contributed by atoms with Gasteiger partial charge in [0.05, 0.1) is 35.8 Å². The van der Waals surface area contributed by atoms with Gasteiger partial charge < -0.3 is 30.7 Å². The summed E-state index contributed by atoms with van der Waals surface area (Å²) in [6.45, 7) is 3.66.